The number of aromatic nitrogens is 5. The second-order valence-corrected chi connectivity index (χ2v) is 8.60. The van der Waals surface area contributed by atoms with Gasteiger partial charge in [-0.3, -0.25) is 4.79 Å². The number of fused-ring (bicyclic) bond motifs is 1. The molecule has 0 aliphatic heterocycles. The zero-order valence-electron chi connectivity index (χ0n) is 17.0. The fourth-order valence-corrected chi connectivity index (χ4v) is 4.32. The van der Waals surface area contributed by atoms with E-state index in [0.717, 1.165) is 31.6 Å². The predicted octanol–water partition coefficient (Wildman–Crippen LogP) is 3.11. The average molecular weight is 423 g/mol. The van der Waals surface area contributed by atoms with E-state index in [1.165, 1.54) is 12.8 Å². The van der Waals surface area contributed by atoms with Crippen LogP contribution in [0.3, 0.4) is 0 Å². The molecule has 0 spiro atoms. The van der Waals surface area contributed by atoms with E-state index in [4.69, 9.17) is 0 Å². The van der Waals surface area contributed by atoms with Crippen molar-refractivity contribution in [3.8, 4) is 0 Å². The second-order valence-electron chi connectivity index (χ2n) is 7.54. The Balaban J connectivity index is 1.87. The van der Waals surface area contributed by atoms with E-state index in [1.807, 2.05) is 0 Å². The van der Waals surface area contributed by atoms with E-state index in [2.05, 4.69) is 39.4 Å². The fraction of sp³-hybridized carbons (Fsp3) is 0.737. The summed E-state index contributed by atoms with van der Waals surface area (Å²) in [4.78, 5) is 20.6. The van der Waals surface area contributed by atoms with Crippen LogP contribution in [-0.2, 0) is 4.79 Å². The lowest BCUT2D eigenvalue weighted by molar-refractivity contribution is -0.141. The molecule has 29 heavy (non-hydrogen) atoms. The van der Waals surface area contributed by atoms with Crippen LogP contribution in [0.25, 0.3) is 11.2 Å². The van der Waals surface area contributed by atoms with Gasteiger partial charge in [0.25, 0.3) is 0 Å². The highest BCUT2D eigenvalue weighted by molar-refractivity contribution is 7.99. The number of carboxylic acid groups (broad SMARTS) is 1. The minimum atomic E-state index is -0.890. The molecule has 3 rings (SSSR count). The summed E-state index contributed by atoms with van der Waals surface area (Å²) in [5.74, 6) is 0.0786. The third kappa shape index (κ3) is 5.16. The quantitative estimate of drug-likeness (QED) is 0.284. The van der Waals surface area contributed by atoms with Crippen LogP contribution in [0.4, 0.5) is 5.82 Å². The number of unbranched alkanes of at least 4 members (excludes halogenated alkanes) is 3. The van der Waals surface area contributed by atoms with Gasteiger partial charge in [-0.05, 0) is 25.7 Å². The van der Waals surface area contributed by atoms with Crippen LogP contribution in [0.5, 0.6) is 0 Å². The van der Waals surface area contributed by atoms with Crippen LogP contribution in [0.15, 0.2) is 5.16 Å². The van der Waals surface area contributed by atoms with Gasteiger partial charge in [0.1, 0.15) is 0 Å². The molecule has 1 aliphatic rings. The van der Waals surface area contributed by atoms with Crippen molar-refractivity contribution in [1.29, 1.82) is 0 Å². The van der Waals surface area contributed by atoms with Crippen molar-refractivity contribution < 1.29 is 15.0 Å². The largest absolute Gasteiger partial charge is 0.481 e. The van der Waals surface area contributed by atoms with Gasteiger partial charge in [0.05, 0.1) is 18.1 Å². The Hall–Kier alpha value is -1.94. The molecule has 0 bridgehead atoms. The Labute approximate surface area is 174 Å². The topological polar surface area (TPSA) is 126 Å². The van der Waals surface area contributed by atoms with Crippen molar-refractivity contribution in [3.63, 3.8) is 0 Å². The summed E-state index contributed by atoms with van der Waals surface area (Å²) in [6, 6.07) is -0.447. The van der Waals surface area contributed by atoms with Gasteiger partial charge >= 0.3 is 5.97 Å². The highest BCUT2D eigenvalue weighted by atomic mass is 32.2. The molecule has 1 saturated carbocycles. The molecular formula is C19H30N6O3S. The first-order valence-electron chi connectivity index (χ1n) is 10.5. The number of nitrogens with one attached hydrogen (secondary N) is 1. The third-order valence-corrected chi connectivity index (χ3v) is 6.27. The van der Waals surface area contributed by atoms with E-state index in [0.29, 0.717) is 28.6 Å². The first kappa shape index (κ1) is 21.8. The van der Waals surface area contributed by atoms with Gasteiger partial charge in [0, 0.05) is 12.3 Å². The molecule has 0 aromatic carbocycles. The molecule has 0 saturated heterocycles. The zero-order chi connectivity index (χ0) is 20.8. The number of aliphatic carboxylic acids is 1. The summed E-state index contributed by atoms with van der Waals surface area (Å²) in [5.41, 5.74) is 1.11. The van der Waals surface area contributed by atoms with Gasteiger partial charge in [-0.25, -0.2) is 14.6 Å². The Kier molecular flexibility index (Phi) is 7.65. The van der Waals surface area contributed by atoms with Crippen LogP contribution in [0.2, 0.25) is 0 Å². The number of thioether (sulfide) groups is 1. The number of aliphatic hydroxyl groups is 1. The van der Waals surface area contributed by atoms with Crippen molar-refractivity contribution in [2.45, 2.75) is 76.1 Å². The maximum absolute atomic E-state index is 11.4. The molecule has 3 N–H and O–H groups in total. The lowest BCUT2D eigenvalue weighted by Gasteiger charge is -2.15. The molecule has 1 fully saturated rings. The molecule has 2 aromatic rings. The monoisotopic (exact) mass is 422 g/mol. The highest BCUT2D eigenvalue weighted by Gasteiger charge is 2.39. The van der Waals surface area contributed by atoms with Gasteiger partial charge < -0.3 is 15.5 Å². The smallest absolute Gasteiger partial charge is 0.306 e. The summed E-state index contributed by atoms with van der Waals surface area (Å²) >= 11 is 1.57. The van der Waals surface area contributed by atoms with Crippen molar-refractivity contribution in [3.05, 3.63) is 0 Å². The van der Waals surface area contributed by atoms with Gasteiger partial charge in [-0.15, -0.1) is 5.10 Å². The van der Waals surface area contributed by atoms with Crippen molar-refractivity contribution in [2.75, 3.05) is 17.6 Å². The zero-order valence-corrected chi connectivity index (χ0v) is 17.9. The molecule has 0 amide bonds. The maximum atomic E-state index is 11.4. The lowest BCUT2D eigenvalue weighted by atomic mass is 10.1. The molecular weight excluding hydrogens is 392 g/mol. The molecule has 3 atom stereocenters. The number of aliphatic hydroxyl groups excluding tert-OH is 1. The van der Waals surface area contributed by atoms with Crippen LogP contribution in [0.1, 0.15) is 64.8 Å². The van der Waals surface area contributed by atoms with E-state index < -0.39 is 24.0 Å². The number of carboxylic acids is 1. The number of hydrogen-bond acceptors (Lipinski definition) is 8. The SMILES string of the molecule is CCCCCCNc1nc(SCCC)nc2c1nnn2C1CC(C(=O)O)CC1O. The van der Waals surface area contributed by atoms with E-state index in [9.17, 15) is 15.0 Å². The number of rotatable bonds is 11. The van der Waals surface area contributed by atoms with Crippen LogP contribution < -0.4 is 5.32 Å². The fourth-order valence-electron chi connectivity index (χ4n) is 3.63. The summed E-state index contributed by atoms with van der Waals surface area (Å²) in [5, 5.41) is 32.2. The first-order valence-corrected chi connectivity index (χ1v) is 11.4. The Bertz CT molecular complexity index is 830. The molecule has 3 unspecified atom stereocenters. The van der Waals surface area contributed by atoms with Gasteiger partial charge in [0.2, 0.25) is 0 Å². The lowest BCUT2D eigenvalue weighted by Crippen LogP contribution is -2.20. The van der Waals surface area contributed by atoms with Crippen molar-refractivity contribution in [1.82, 2.24) is 25.0 Å². The van der Waals surface area contributed by atoms with Crippen molar-refractivity contribution in [2.24, 2.45) is 5.92 Å². The minimum Gasteiger partial charge on any atom is -0.481 e. The molecule has 0 radical (unpaired) electrons. The Morgan fingerprint density at radius 2 is 2.03 bits per heavy atom. The predicted molar refractivity (Wildman–Crippen MR) is 112 cm³/mol. The van der Waals surface area contributed by atoms with Crippen LogP contribution >= 0.6 is 11.8 Å². The molecule has 2 aromatic heterocycles. The highest BCUT2D eigenvalue weighted by Crippen LogP contribution is 2.36. The number of carbonyl (C=O) groups is 1. The summed E-state index contributed by atoms with van der Waals surface area (Å²) in [6.45, 7) is 5.08. The van der Waals surface area contributed by atoms with Crippen LogP contribution in [0, 0.1) is 5.92 Å². The summed E-state index contributed by atoms with van der Waals surface area (Å²) < 4.78 is 1.59. The summed E-state index contributed by atoms with van der Waals surface area (Å²) in [6.07, 6.45) is 5.35. The van der Waals surface area contributed by atoms with E-state index in [1.54, 1.807) is 16.4 Å². The number of hydrogen-bond donors (Lipinski definition) is 3. The standard InChI is InChI=1S/C19H30N6O3S/c1-3-5-6-7-8-20-16-15-17(22-19(21-16)29-9-4-2)25(24-23-15)13-10-12(18(27)28)11-14(13)26/h12-14,26H,3-11H2,1-2H3,(H,27,28)(H,20,21,22). The number of anilines is 1. The normalized spacial score (nSPS) is 21.7. The minimum absolute atomic E-state index is 0.215. The third-order valence-electron chi connectivity index (χ3n) is 5.22. The van der Waals surface area contributed by atoms with E-state index >= 15 is 0 Å². The first-order chi connectivity index (χ1) is 14.0. The van der Waals surface area contributed by atoms with Crippen molar-refractivity contribution >= 4 is 34.7 Å². The van der Waals surface area contributed by atoms with E-state index in [-0.39, 0.29) is 6.42 Å². The molecule has 2 heterocycles. The molecule has 10 heteroatoms. The van der Waals surface area contributed by atoms with Gasteiger partial charge in [-0.1, -0.05) is 50.1 Å². The average Bonchev–Trinajstić information content (AvgIpc) is 3.29. The summed E-state index contributed by atoms with van der Waals surface area (Å²) in [7, 11) is 0. The maximum Gasteiger partial charge on any atom is 0.306 e. The molecule has 9 nitrogen and oxygen atoms in total. The number of nitrogens with zero attached hydrogens (tertiary/aromatic N) is 5. The second kappa shape index (κ2) is 10.2. The van der Waals surface area contributed by atoms with Gasteiger partial charge in [0.15, 0.2) is 22.1 Å². The van der Waals surface area contributed by atoms with Gasteiger partial charge in [-0.2, -0.15) is 0 Å². The molecule has 160 valence electrons. The Morgan fingerprint density at radius 1 is 1.21 bits per heavy atom. The Morgan fingerprint density at radius 3 is 2.72 bits per heavy atom. The molecule has 1 aliphatic carbocycles. The van der Waals surface area contributed by atoms with Crippen LogP contribution in [-0.4, -0.2) is 59.5 Å².